The Morgan fingerprint density at radius 1 is 1.31 bits per heavy atom. The van der Waals surface area contributed by atoms with Gasteiger partial charge in [0.1, 0.15) is 0 Å². The summed E-state index contributed by atoms with van der Waals surface area (Å²) in [5.74, 6) is 0.388. The van der Waals surface area contributed by atoms with Crippen LogP contribution in [-0.4, -0.2) is 35.1 Å². The van der Waals surface area contributed by atoms with Crippen LogP contribution in [-0.2, 0) is 4.79 Å². The number of carbonyl (C=O) groups excluding carboxylic acids is 1. The second-order valence-electron chi connectivity index (χ2n) is 6.39. The zero-order valence-electron chi connectivity index (χ0n) is 10.8. The van der Waals surface area contributed by atoms with E-state index in [4.69, 9.17) is 0 Å². The van der Waals surface area contributed by atoms with Crippen LogP contribution in [0.15, 0.2) is 0 Å². The van der Waals surface area contributed by atoms with E-state index in [9.17, 15) is 9.90 Å². The van der Waals surface area contributed by atoms with E-state index in [1.54, 1.807) is 0 Å². The van der Waals surface area contributed by atoms with Gasteiger partial charge in [-0.3, -0.25) is 4.79 Å². The molecule has 1 heterocycles. The summed E-state index contributed by atoms with van der Waals surface area (Å²) >= 11 is 0. The summed E-state index contributed by atoms with van der Waals surface area (Å²) in [6.07, 6.45) is 1.99. The van der Waals surface area contributed by atoms with Gasteiger partial charge in [0.2, 0.25) is 5.91 Å². The molecule has 0 bridgehead atoms. The Hall–Kier alpha value is -0.570. The van der Waals surface area contributed by atoms with Gasteiger partial charge in [-0.15, -0.1) is 0 Å². The van der Waals surface area contributed by atoms with E-state index in [0.29, 0.717) is 0 Å². The molecule has 1 amide bonds. The molecule has 3 nitrogen and oxygen atoms in total. The highest BCUT2D eigenvalue weighted by molar-refractivity contribution is 5.84. The number of aliphatic hydroxyl groups is 1. The minimum atomic E-state index is 0.0692. The van der Waals surface area contributed by atoms with E-state index < -0.39 is 0 Å². The molecule has 1 N–H and O–H groups in total. The molecule has 1 atom stereocenters. The second kappa shape index (κ2) is 3.46. The first kappa shape index (κ1) is 11.9. The molecule has 2 aliphatic rings. The number of carbonyl (C=O) groups is 1. The molecule has 1 saturated carbocycles. The fraction of sp³-hybridized carbons (Fsp3) is 0.923. The number of amides is 1. The van der Waals surface area contributed by atoms with Crippen molar-refractivity contribution in [2.75, 3.05) is 13.2 Å². The molecule has 0 aromatic carbocycles. The standard InChI is InChI=1S/C13H23NO2/c1-12(2)10(13(12,3)4)11(16)14-7-5-6-9(14)8-15/h9-10,15H,5-8H2,1-4H3/t9-/m0/s1. The van der Waals surface area contributed by atoms with Gasteiger partial charge in [0.15, 0.2) is 0 Å². The number of hydrogen-bond donors (Lipinski definition) is 1. The van der Waals surface area contributed by atoms with Crippen molar-refractivity contribution in [3.8, 4) is 0 Å². The maximum Gasteiger partial charge on any atom is 0.227 e. The summed E-state index contributed by atoms with van der Waals surface area (Å²) in [6, 6.07) is 0.0692. The summed E-state index contributed by atoms with van der Waals surface area (Å²) in [6.45, 7) is 9.60. The SMILES string of the molecule is CC1(C)C(C(=O)N2CCC[C@H]2CO)C1(C)C. The molecule has 92 valence electrons. The predicted molar refractivity (Wildman–Crippen MR) is 62.9 cm³/mol. The molecule has 0 aromatic rings. The number of hydrogen-bond acceptors (Lipinski definition) is 2. The highest BCUT2D eigenvalue weighted by Crippen LogP contribution is 2.69. The molecule has 0 aromatic heterocycles. The largest absolute Gasteiger partial charge is 0.394 e. The maximum atomic E-state index is 12.4. The highest BCUT2D eigenvalue weighted by atomic mass is 16.3. The van der Waals surface area contributed by atoms with Gasteiger partial charge in [0.25, 0.3) is 0 Å². The average Bonchev–Trinajstić information content (AvgIpc) is 2.58. The molecule has 0 radical (unpaired) electrons. The Morgan fingerprint density at radius 3 is 2.31 bits per heavy atom. The Morgan fingerprint density at radius 2 is 1.88 bits per heavy atom. The minimum Gasteiger partial charge on any atom is -0.394 e. The van der Waals surface area contributed by atoms with Crippen molar-refractivity contribution < 1.29 is 9.90 Å². The summed E-state index contributed by atoms with van der Waals surface area (Å²) in [5, 5.41) is 9.25. The van der Waals surface area contributed by atoms with E-state index in [2.05, 4.69) is 27.7 Å². The smallest absolute Gasteiger partial charge is 0.227 e. The average molecular weight is 225 g/mol. The van der Waals surface area contributed by atoms with Crippen LogP contribution in [0, 0.1) is 16.7 Å². The highest BCUT2D eigenvalue weighted by Gasteiger charge is 2.69. The van der Waals surface area contributed by atoms with Gasteiger partial charge in [0, 0.05) is 12.5 Å². The van der Waals surface area contributed by atoms with E-state index in [1.807, 2.05) is 4.90 Å². The Labute approximate surface area is 97.8 Å². The second-order valence-corrected chi connectivity index (χ2v) is 6.39. The molecular formula is C13H23NO2. The topological polar surface area (TPSA) is 40.5 Å². The summed E-state index contributed by atoms with van der Waals surface area (Å²) in [5.41, 5.74) is 0.208. The lowest BCUT2D eigenvalue weighted by Gasteiger charge is -2.24. The van der Waals surface area contributed by atoms with Crippen molar-refractivity contribution in [1.82, 2.24) is 4.90 Å². The third-order valence-corrected chi connectivity index (χ3v) is 5.14. The van der Waals surface area contributed by atoms with Crippen LogP contribution in [0.5, 0.6) is 0 Å². The molecule has 2 rings (SSSR count). The van der Waals surface area contributed by atoms with Crippen molar-refractivity contribution in [2.24, 2.45) is 16.7 Å². The molecule has 0 spiro atoms. The van der Waals surface area contributed by atoms with Crippen LogP contribution in [0.2, 0.25) is 0 Å². The zero-order chi connectivity index (χ0) is 12.1. The van der Waals surface area contributed by atoms with Crippen LogP contribution in [0.1, 0.15) is 40.5 Å². The number of likely N-dealkylation sites (tertiary alicyclic amines) is 1. The van der Waals surface area contributed by atoms with Crippen LogP contribution < -0.4 is 0 Å². The number of aliphatic hydroxyl groups excluding tert-OH is 1. The fourth-order valence-electron chi connectivity index (χ4n) is 3.30. The van der Waals surface area contributed by atoms with Crippen LogP contribution >= 0.6 is 0 Å². The van der Waals surface area contributed by atoms with Crippen molar-refractivity contribution in [3.05, 3.63) is 0 Å². The van der Waals surface area contributed by atoms with E-state index in [-0.39, 0.29) is 35.3 Å². The molecular weight excluding hydrogens is 202 g/mol. The van der Waals surface area contributed by atoms with E-state index >= 15 is 0 Å². The Balaban J connectivity index is 2.10. The molecule has 3 heteroatoms. The lowest BCUT2D eigenvalue weighted by molar-refractivity contribution is -0.135. The van der Waals surface area contributed by atoms with E-state index in [1.165, 1.54) is 0 Å². The van der Waals surface area contributed by atoms with Gasteiger partial charge in [-0.2, -0.15) is 0 Å². The maximum absolute atomic E-state index is 12.4. The molecule has 1 aliphatic heterocycles. The van der Waals surface area contributed by atoms with Crippen LogP contribution in [0.4, 0.5) is 0 Å². The van der Waals surface area contributed by atoms with Gasteiger partial charge < -0.3 is 10.0 Å². The molecule has 0 unspecified atom stereocenters. The predicted octanol–water partition coefficient (Wildman–Crippen LogP) is 1.65. The third-order valence-electron chi connectivity index (χ3n) is 5.14. The fourth-order valence-corrected chi connectivity index (χ4v) is 3.30. The lowest BCUT2D eigenvalue weighted by atomic mass is 10.0. The first-order valence-electron chi connectivity index (χ1n) is 6.25. The lowest BCUT2D eigenvalue weighted by Crippen LogP contribution is -2.39. The van der Waals surface area contributed by atoms with Gasteiger partial charge in [-0.1, -0.05) is 27.7 Å². The van der Waals surface area contributed by atoms with Crippen molar-refractivity contribution in [2.45, 2.75) is 46.6 Å². The quantitative estimate of drug-likeness (QED) is 0.776. The third kappa shape index (κ3) is 1.41. The van der Waals surface area contributed by atoms with Crippen LogP contribution in [0.3, 0.4) is 0 Å². The summed E-state index contributed by atoms with van der Waals surface area (Å²) in [7, 11) is 0. The number of nitrogens with zero attached hydrogens (tertiary/aromatic N) is 1. The van der Waals surface area contributed by atoms with E-state index in [0.717, 1.165) is 19.4 Å². The van der Waals surface area contributed by atoms with Gasteiger partial charge in [-0.05, 0) is 23.7 Å². The molecule has 2 fully saturated rings. The monoisotopic (exact) mass is 225 g/mol. The number of rotatable bonds is 2. The van der Waals surface area contributed by atoms with Crippen LogP contribution in [0.25, 0.3) is 0 Å². The first-order chi connectivity index (χ1) is 7.34. The summed E-state index contributed by atoms with van der Waals surface area (Å²) in [4.78, 5) is 14.3. The minimum absolute atomic E-state index is 0.0692. The van der Waals surface area contributed by atoms with Gasteiger partial charge in [-0.25, -0.2) is 0 Å². The molecule has 1 saturated heterocycles. The molecule has 1 aliphatic carbocycles. The van der Waals surface area contributed by atoms with Crippen molar-refractivity contribution in [1.29, 1.82) is 0 Å². The summed E-state index contributed by atoms with van der Waals surface area (Å²) < 4.78 is 0. The van der Waals surface area contributed by atoms with Gasteiger partial charge >= 0.3 is 0 Å². The normalized spacial score (nSPS) is 31.8. The zero-order valence-corrected chi connectivity index (χ0v) is 10.8. The van der Waals surface area contributed by atoms with Gasteiger partial charge in [0.05, 0.1) is 12.6 Å². The van der Waals surface area contributed by atoms with Crippen molar-refractivity contribution >= 4 is 5.91 Å². The first-order valence-corrected chi connectivity index (χ1v) is 6.25. The Kier molecular flexibility index (Phi) is 2.57. The van der Waals surface area contributed by atoms with Crippen molar-refractivity contribution in [3.63, 3.8) is 0 Å². The Bertz CT molecular complexity index is 295. The molecule has 16 heavy (non-hydrogen) atoms.